The molecule has 3 rings (SSSR count). The fourth-order valence-electron chi connectivity index (χ4n) is 3.38. The van der Waals surface area contributed by atoms with Gasteiger partial charge in [-0.3, -0.25) is 4.99 Å². The SMILES string of the molecule is CN=C(NCCc1c(C)[nH]c2ccccc12)N(C)Cc1cc(Cl)cn1C. The van der Waals surface area contributed by atoms with Gasteiger partial charge in [0.1, 0.15) is 0 Å². The Morgan fingerprint density at radius 2 is 2.12 bits per heavy atom. The predicted octanol–water partition coefficient (Wildman–Crippen LogP) is 3.72. The van der Waals surface area contributed by atoms with Crippen LogP contribution < -0.4 is 5.32 Å². The van der Waals surface area contributed by atoms with Gasteiger partial charge in [-0.05, 0) is 31.0 Å². The van der Waals surface area contributed by atoms with Crippen LogP contribution in [0.5, 0.6) is 0 Å². The summed E-state index contributed by atoms with van der Waals surface area (Å²) in [5, 5.41) is 5.52. The van der Waals surface area contributed by atoms with E-state index in [1.807, 2.05) is 38.0 Å². The molecule has 0 bridgehead atoms. The lowest BCUT2D eigenvalue weighted by atomic mass is 10.1. The molecule has 5 nitrogen and oxygen atoms in total. The lowest BCUT2D eigenvalue weighted by molar-refractivity contribution is 0.462. The molecule has 0 saturated heterocycles. The summed E-state index contributed by atoms with van der Waals surface area (Å²) in [4.78, 5) is 9.97. The number of aromatic amines is 1. The first-order valence-electron chi connectivity index (χ1n) is 8.78. The highest BCUT2D eigenvalue weighted by Gasteiger charge is 2.11. The number of fused-ring (bicyclic) bond motifs is 1. The van der Waals surface area contributed by atoms with Gasteiger partial charge in [0.05, 0.1) is 11.6 Å². The van der Waals surface area contributed by atoms with Crippen molar-refractivity contribution in [3.05, 3.63) is 58.5 Å². The van der Waals surface area contributed by atoms with Gasteiger partial charge < -0.3 is 19.8 Å². The van der Waals surface area contributed by atoms with Gasteiger partial charge in [0, 0.05) is 56.2 Å². The van der Waals surface area contributed by atoms with Gasteiger partial charge in [0.15, 0.2) is 5.96 Å². The van der Waals surface area contributed by atoms with Crippen LogP contribution in [0.1, 0.15) is 17.0 Å². The Hall–Kier alpha value is -2.40. The summed E-state index contributed by atoms with van der Waals surface area (Å²) in [6.07, 6.45) is 2.86. The molecule has 0 fully saturated rings. The number of nitrogens with zero attached hydrogens (tertiary/aromatic N) is 3. The first-order valence-corrected chi connectivity index (χ1v) is 9.16. The van der Waals surface area contributed by atoms with Gasteiger partial charge >= 0.3 is 0 Å². The van der Waals surface area contributed by atoms with Crippen molar-refractivity contribution in [3.8, 4) is 0 Å². The fourth-order valence-corrected chi connectivity index (χ4v) is 3.65. The number of hydrogen-bond acceptors (Lipinski definition) is 1. The number of rotatable bonds is 5. The molecule has 26 heavy (non-hydrogen) atoms. The van der Waals surface area contributed by atoms with Crippen LogP contribution in [0, 0.1) is 6.92 Å². The molecule has 2 aromatic heterocycles. The molecule has 0 radical (unpaired) electrons. The Labute approximate surface area is 159 Å². The summed E-state index contributed by atoms with van der Waals surface area (Å²) >= 11 is 6.08. The third-order valence-corrected chi connectivity index (χ3v) is 4.94. The normalized spacial score (nSPS) is 12.0. The van der Waals surface area contributed by atoms with Crippen molar-refractivity contribution in [1.82, 2.24) is 19.8 Å². The number of aryl methyl sites for hydroxylation is 2. The molecule has 0 aliphatic rings. The minimum absolute atomic E-state index is 0.745. The number of hydrogen-bond donors (Lipinski definition) is 2. The van der Waals surface area contributed by atoms with E-state index in [1.54, 1.807) is 0 Å². The molecule has 138 valence electrons. The number of aromatic nitrogens is 2. The van der Waals surface area contributed by atoms with Crippen LogP contribution >= 0.6 is 11.6 Å². The number of nitrogens with one attached hydrogen (secondary N) is 2. The lowest BCUT2D eigenvalue weighted by Crippen LogP contribution is -2.39. The maximum absolute atomic E-state index is 6.08. The van der Waals surface area contributed by atoms with Crippen LogP contribution in [-0.4, -0.2) is 41.1 Å². The first-order chi connectivity index (χ1) is 12.5. The number of para-hydroxylation sites is 1. The van der Waals surface area contributed by atoms with Crippen LogP contribution in [0.4, 0.5) is 0 Å². The van der Waals surface area contributed by atoms with E-state index in [2.05, 4.69) is 51.4 Å². The highest BCUT2D eigenvalue weighted by molar-refractivity contribution is 6.30. The monoisotopic (exact) mass is 371 g/mol. The summed E-state index contributed by atoms with van der Waals surface area (Å²) in [6.45, 7) is 3.71. The maximum Gasteiger partial charge on any atom is 0.193 e. The number of aliphatic imine (C=N–C) groups is 1. The number of guanidine groups is 1. The van der Waals surface area contributed by atoms with E-state index in [0.717, 1.165) is 36.2 Å². The summed E-state index contributed by atoms with van der Waals surface area (Å²) in [6, 6.07) is 10.4. The Morgan fingerprint density at radius 3 is 2.81 bits per heavy atom. The molecule has 1 aromatic carbocycles. The minimum atomic E-state index is 0.745. The van der Waals surface area contributed by atoms with Crippen molar-refractivity contribution in [2.75, 3.05) is 20.6 Å². The number of benzene rings is 1. The predicted molar refractivity (Wildman–Crippen MR) is 110 cm³/mol. The van der Waals surface area contributed by atoms with E-state index in [9.17, 15) is 0 Å². The molecule has 2 heterocycles. The highest BCUT2D eigenvalue weighted by atomic mass is 35.5. The summed E-state index contributed by atoms with van der Waals surface area (Å²) < 4.78 is 2.04. The molecule has 2 N–H and O–H groups in total. The summed E-state index contributed by atoms with van der Waals surface area (Å²) in [5.74, 6) is 0.875. The second-order valence-electron chi connectivity index (χ2n) is 6.61. The number of H-pyrrole nitrogens is 1. The van der Waals surface area contributed by atoms with E-state index >= 15 is 0 Å². The van der Waals surface area contributed by atoms with E-state index in [0.29, 0.717) is 0 Å². The topological polar surface area (TPSA) is 48.4 Å². The lowest BCUT2D eigenvalue weighted by Gasteiger charge is -2.22. The van der Waals surface area contributed by atoms with E-state index in [-0.39, 0.29) is 0 Å². The van der Waals surface area contributed by atoms with Crippen molar-refractivity contribution in [3.63, 3.8) is 0 Å². The summed E-state index contributed by atoms with van der Waals surface area (Å²) in [5.41, 5.74) is 4.94. The van der Waals surface area contributed by atoms with Crippen molar-refractivity contribution >= 4 is 28.5 Å². The zero-order valence-electron chi connectivity index (χ0n) is 15.8. The standard InChI is InChI=1S/C20H26ClN5/c1-14-17(18-7-5-6-8-19(18)24-14)9-10-23-20(22-2)26(4)13-16-11-15(21)12-25(16)3/h5-8,11-12,24H,9-10,13H2,1-4H3,(H,22,23). The molecular weight excluding hydrogens is 346 g/mol. The molecule has 0 aliphatic carbocycles. The molecule has 6 heteroatoms. The molecule has 0 atom stereocenters. The van der Waals surface area contributed by atoms with E-state index in [4.69, 9.17) is 11.6 Å². The van der Waals surface area contributed by atoms with Gasteiger partial charge in [0.25, 0.3) is 0 Å². The van der Waals surface area contributed by atoms with Crippen molar-refractivity contribution < 1.29 is 0 Å². The second kappa shape index (κ2) is 7.87. The zero-order valence-corrected chi connectivity index (χ0v) is 16.6. The average molecular weight is 372 g/mol. The molecule has 3 aromatic rings. The minimum Gasteiger partial charge on any atom is -0.358 e. The van der Waals surface area contributed by atoms with Crippen molar-refractivity contribution in [1.29, 1.82) is 0 Å². The largest absolute Gasteiger partial charge is 0.358 e. The van der Waals surface area contributed by atoms with Gasteiger partial charge in [-0.2, -0.15) is 0 Å². The van der Waals surface area contributed by atoms with Gasteiger partial charge in [-0.1, -0.05) is 29.8 Å². The van der Waals surface area contributed by atoms with Crippen molar-refractivity contribution in [2.45, 2.75) is 19.9 Å². The Balaban J connectivity index is 1.62. The first kappa shape index (κ1) is 18.4. The van der Waals surface area contributed by atoms with Gasteiger partial charge in [-0.25, -0.2) is 0 Å². The van der Waals surface area contributed by atoms with Crippen molar-refractivity contribution in [2.24, 2.45) is 12.0 Å². The van der Waals surface area contributed by atoms with Crippen LogP contribution in [0.2, 0.25) is 5.02 Å². The Bertz CT molecular complexity index is 922. The second-order valence-corrected chi connectivity index (χ2v) is 7.05. The summed E-state index contributed by atoms with van der Waals surface area (Å²) in [7, 11) is 5.85. The molecule has 0 saturated carbocycles. The molecule has 0 aliphatic heterocycles. The molecule has 0 spiro atoms. The fraction of sp³-hybridized carbons (Fsp3) is 0.350. The Kier molecular flexibility index (Phi) is 5.57. The van der Waals surface area contributed by atoms with Crippen LogP contribution in [-0.2, 0) is 20.0 Å². The third-order valence-electron chi connectivity index (χ3n) is 4.73. The van der Waals surface area contributed by atoms with Gasteiger partial charge in [-0.15, -0.1) is 0 Å². The molecule has 0 unspecified atom stereocenters. The highest BCUT2D eigenvalue weighted by Crippen LogP contribution is 2.22. The quantitative estimate of drug-likeness (QED) is 0.530. The van der Waals surface area contributed by atoms with Gasteiger partial charge in [0.2, 0.25) is 0 Å². The molecular formula is C20H26ClN5. The zero-order chi connectivity index (χ0) is 18.7. The average Bonchev–Trinajstić information content (AvgIpc) is 3.09. The number of halogens is 1. The van der Waals surface area contributed by atoms with Crippen LogP contribution in [0.25, 0.3) is 10.9 Å². The van der Waals surface area contributed by atoms with Crippen LogP contribution in [0.15, 0.2) is 41.5 Å². The van der Waals surface area contributed by atoms with E-state index < -0.39 is 0 Å². The van der Waals surface area contributed by atoms with E-state index in [1.165, 1.54) is 22.2 Å². The Morgan fingerprint density at radius 1 is 1.35 bits per heavy atom. The molecule has 0 amide bonds. The third kappa shape index (κ3) is 3.88. The maximum atomic E-state index is 6.08. The smallest absolute Gasteiger partial charge is 0.193 e. The van der Waals surface area contributed by atoms with Crippen LogP contribution in [0.3, 0.4) is 0 Å².